The molecule has 0 saturated heterocycles. The topological polar surface area (TPSA) is 74.6 Å². The lowest BCUT2D eigenvalue weighted by Crippen LogP contribution is -2.30. The lowest BCUT2D eigenvalue weighted by molar-refractivity contribution is -0.143. The molecule has 0 spiro atoms. The number of aliphatic hydroxyl groups excluding tert-OH is 2. The van der Waals surface area contributed by atoms with Crippen LogP contribution in [0.2, 0.25) is 0 Å². The minimum absolute atomic E-state index is 0.322. The van der Waals surface area contributed by atoms with Gasteiger partial charge in [-0.3, -0.25) is 9.59 Å². The average Bonchev–Trinajstić information content (AvgIpc) is 2.57. The Hall–Kier alpha value is -0.740. The van der Waals surface area contributed by atoms with Crippen molar-refractivity contribution in [1.82, 2.24) is 0 Å². The van der Waals surface area contributed by atoms with Gasteiger partial charge in [0.1, 0.15) is 12.7 Å². The van der Waals surface area contributed by atoms with Crippen LogP contribution in [0.5, 0.6) is 0 Å². The molecule has 0 aromatic rings. The third kappa shape index (κ3) is 13.4. The first-order valence-corrected chi connectivity index (χ1v) is 9.49. The molecule has 0 radical (unpaired) electrons. The zero-order chi connectivity index (χ0) is 17.3. The summed E-state index contributed by atoms with van der Waals surface area (Å²) in [6.45, 7) is 1.43. The minimum Gasteiger partial charge on any atom is -0.388 e. The largest absolute Gasteiger partial charge is 0.388 e. The maximum atomic E-state index is 11.3. The molecule has 0 amide bonds. The van der Waals surface area contributed by atoms with Crippen molar-refractivity contribution in [3.63, 3.8) is 0 Å². The van der Waals surface area contributed by atoms with Gasteiger partial charge in [0.2, 0.25) is 11.6 Å². The van der Waals surface area contributed by atoms with E-state index in [0.717, 1.165) is 19.3 Å². The molecule has 0 bridgehead atoms. The number of hydrogen-bond acceptors (Lipinski definition) is 4. The van der Waals surface area contributed by atoms with E-state index in [-0.39, 0.29) is 0 Å². The van der Waals surface area contributed by atoms with Crippen molar-refractivity contribution in [3.8, 4) is 0 Å². The molecule has 1 unspecified atom stereocenters. The summed E-state index contributed by atoms with van der Waals surface area (Å²) in [5.74, 6) is -1.75. The molecule has 0 rings (SSSR count). The highest BCUT2D eigenvalue weighted by molar-refractivity contribution is 6.39. The lowest BCUT2D eigenvalue weighted by atomic mass is 10.0. The molecular weight excluding hydrogens is 292 g/mol. The van der Waals surface area contributed by atoms with E-state index in [1.807, 2.05) is 0 Å². The quantitative estimate of drug-likeness (QED) is 0.313. The molecule has 0 fully saturated rings. The smallest absolute Gasteiger partial charge is 0.229 e. The Labute approximate surface area is 141 Å². The van der Waals surface area contributed by atoms with Crippen LogP contribution in [0.25, 0.3) is 0 Å². The first kappa shape index (κ1) is 22.3. The van der Waals surface area contributed by atoms with Crippen LogP contribution in [0.1, 0.15) is 96.8 Å². The van der Waals surface area contributed by atoms with E-state index in [0.29, 0.717) is 6.42 Å². The normalized spacial score (nSPS) is 12.3. The van der Waals surface area contributed by atoms with E-state index < -0.39 is 24.3 Å². The van der Waals surface area contributed by atoms with E-state index in [4.69, 9.17) is 5.11 Å². The number of hydrogen-bond donors (Lipinski definition) is 2. The Balaban J connectivity index is 3.27. The van der Waals surface area contributed by atoms with Crippen molar-refractivity contribution >= 4 is 11.6 Å². The minimum atomic E-state index is -1.23. The summed E-state index contributed by atoms with van der Waals surface area (Å²) in [5.41, 5.74) is 0. The molecule has 0 saturated carbocycles. The third-order valence-corrected chi connectivity index (χ3v) is 4.30. The van der Waals surface area contributed by atoms with Crippen molar-refractivity contribution < 1.29 is 19.8 Å². The molecular formula is C19H36O4. The molecule has 0 aromatic heterocycles. The Bertz CT molecular complexity index is 302. The summed E-state index contributed by atoms with van der Waals surface area (Å²) < 4.78 is 0. The fraction of sp³-hybridized carbons (Fsp3) is 0.895. The third-order valence-electron chi connectivity index (χ3n) is 4.30. The molecule has 4 nitrogen and oxygen atoms in total. The van der Waals surface area contributed by atoms with E-state index >= 15 is 0 Å². The van der Waals surface area contributed by atoms with Gasteiger partial charge < -0.3 is 10.2 Å². The number of aliphatic hydroxyl groups is 2. The summed E-state index contributed by atoms with van der Waals surface area (Å²) in [5, 5.41) is 18.1. The van der Waals surface area contributed by atoms with Crippen molar-refractivity contribution in [2.45, 2.75) is 103 Å². The SMILES string of the molecule is CCCCCCCCCCCCCCCC(O)C(=O)C(=O)CO. The molecule has 23 heavy (non-hydrogen) atoms. The van der Waals surface area contributed by atoms with Gasteiger partial charge in [-0.1, -0.05) is 90.4 Å². The van der Waals surface area contributed by atoms with E-state index in [1.54, 1.807) is 0 Å². The van der Waals surface area contributed by atoms with Gasteiger partial charge in [0.15, 0.2) is 0 Å². The van der Waals surface area contributed by atoms with Crippen LogP contribution in [0, 0.1) is 0 Å². The Morgan fingerprint density at radius 3 is 1.52 bits per heavy atom. The highest BCUT2D eigenvalue weighted by Gasteiger charge is 2.21. The molecule has 0 aliphatic carbocycles. The zero-order valence-corrected chi connectivity index (χ0v) is 14.9. The van der Waals surface area contributed by atoms with Crippen molar-refractivity contribution in [3.05, 3.63) is 0 Å². The second-order valence-corrected chi connectivity index (χ2v) is 6.49. The van der Waals surface area contributed by atoms with Crippen LogP contribution >= 0.6 is 0 Å². The number of Topliss-reactive ketones (excluding diaryl/α,β-unsaturated/α-hetero) is 2. The summed E-state index contributed by atoms with van der Waals surface area (Å²) in [7, 11) is 0. The second-order valence-electron chi connectivity index (χ2n) is 6.49. The summed E-state index contributed by atoms with van der Waals surface area (Å²) >= 11 is 0. The highest BCUT2D eigenvalue weighted by atomic mass is 16.3. The van der Waals surface area contributed by atoms with Gasteiger partial charge in [-0.25, -0.2) is 0 Å². The summed E-state index contributed by atoms with van der Waals surface area (Å²) in [4.78, 5) is 22.2. The first-order chi connectivity index (χ1) is 11.1. The van der Waals surface area contributed by atoms with Crippen LogP contribution in [0.3, 0.4) is 0 Å². The number of carbonyl (C=O) groups is 2. The molecule has 0 aliphatic heterocycles. The second kappa shape index (κ2) is 16.1. The van der Waals surface area contributed by atoms with Gasteiger partial charge in [0, 0.05) is 0 Å². The van der Waals surface area contributed by atoms with Gasteiger partial charge in [-0.05, 0) is 6.42 Å². The fourth-order valence-electron chi connectivity index (χ4n) is 2.75. The molecule has 136 valence electrons. The van der Waals surface area contributed by atoms with Crippen molar-refractivity contribution in [1.29, 1.82) is 0 Å². The summed E-state index contributed by atoms with van der Waals surface area (Å²) in [6.07, 6.45) is 15.2. The monoisotopic (exact) mass is 328 g/mol. The Morgan fingerprint density at radius 2 is 1.13 bits per heavy atom. The Kier molecular flexibility index (Phi) is 15.6. The van der Waals surface area contributed by atoms with Crippen LogP contribution in [-0.2, 0) is 9.59 Å². The average molecular weight is 328 g/mol. The van der Waals surface area contributed by atoms with Crippen molar-refractivity contribution in [2.75, 3.05) is 6.61 Å². The van der Waals surface area contributed by atoms with Crippen molar-refractivity contribution in [2.24, 2.45) is 0 Å². The number of unbranched alkanes of at least 4 members (excludes halogenated alkanes) is 12. The lowest BCUT2D eigenvalue weighted by Gasteiger charge is -2.07. The number of carbonyl (C=O) groups excluding carboxylic acids is 2. The molecule has 0 aromatic carbocycles. The van der Waals surface area contributed by atoms with Crippen LogP contribution in [-0.4, -0.2) is 34.5 Å². The van der Waals surface area contributed by atoms with E-state index in [9.17, 15) is 14.7 Å². The maximum absolute atomic E-state index is 11.3. The standard InChI is InChI=1S/C19H36O4/c1-2-3-4-5-6-7-8-9-10-11-12-13-14-15-17(21)19(23)18(22)16-20/h17,20-21H,2-16H2,1H3. The predicted octanol–water partition coefficient (Wildman–Crippen LogP) is 3.96. The fourth-order valence-corrected chi connectivity index (χ4v) is 2.75. The van der Waals surface area contributed by atoms with Gasteiger partial charge in [0.05, 0.1) is 0 Å². The Morgan fingerprint density at radius 1 is 0.739 bits per heavy atom. The van der Waals surface area contributed by atoms with E-state index in [1.165, 1.54) is 64.2 Å². The molecule has 0 heterocycles. The van der Waals surface area contributed by atoms with Crippen LogP contribution in [0.15, 0.2) is 0 Å². The van der Waals surface area contributed by atoms with Crippen LogP contribution in [0.4, 0.5) is 0 Å². The van der Waals surface area contributed by atoms with Gasteiger partial charge in [0.25, 0.3) is 0 Å². The molecule has 4 heteroatoms. The zero-order valence-electron chi connectivity index (χ0n) is 14.9. The molecule has 0 aliphatic rings. The maximum Gasteiger partial charge on any atom is 0.229 e. The molecule has 2 N–H and O–H groups in total. The number of ketones is 2. The van der Waals surface area contributed by atoms with Gasteiger partial charge >= 0.3 is 0 Å². The number of rotatable bonds is 17. The van der Waals surface area contributed by atoms with Gasteiger partial charge in [-0.2, -0.15) is 0 Å². The van der Waals surface area contributed by atoms with E-state index in [2.05, 4.69) is 6.92 Å². The molecule has 1 atom stereocenters. The van der Waals surface area contributed by atoms with Crippen LogP contribution < -0.4 is 0 Å². The first-order valence-electron chi connectivity index (χ1n) is 9.49. The predicted molar refractivity (Wildman–Crippen MR) is 93.4 cm³/mol. The highest BCUT2D eigenvalue weighted by Crippen LogP contribution is 2.13. The van der Waals surface area contributed by atoms with Gasteiger partial charge in [-0.15, -0.1) is 0 Å². The summed E-state index contributed by atoms with van der Waals surface area (Å²) in [6, 6.07) is 0.